The molecule has 0 saturated heterocycles. The molecular weight excluding hydrogens is 404 g/mol. The zero-order valence-corrected chi connectivity index (χ0v) is 18.4. The first-order valence-electron chi connectivity index (χ1n) is 10.6. The Bertz CT molecular complexity index is 1200. The van der Waals surface area contributed by atoms with E-state index in [-0.39, 0.29) is 12.5 Å². The van der Waals surface area contributed by atoms with Crippen LogP contribution in [0, 0.1) is 0 Å². The molecule has 0 radical (unpaired) electrons. The number of hydrogen-bond acceptors (Lipinski definition) is 5. The zero-order chi connectivity index (χ0) is 22.5. The van der Waals surface area contributed by atoms with E-state index in [1.54, 1.807) is 24.0 Å². The molecule has 0 fully saturated rings. The SMILES string of the molecule is CC[C@H](C)c1ccc(OCC(=O)Nc2ccc3nn(-c4ccc(OC)cc4)nc3c2)cc1. The standard InChI is InChI=1S/C25H26N4O3/c1-4-17(2)18-5-10-22(11-6-18)32-16-25(30)26-19-7-14-23-24(15-19)28-29(27-23)20-8-12-21(31-3)13-9-20/h5-15,17H,4,16H2,1-3H3,(H,26,30)/t17-/m0/s1. The van der Waals surface area contributed by atoms with Crippen molar-refractivity contribution in [3.05, 3.63) is 72.3 Å². The van der Waals surface area contributed by atoms with Gasteiger partial charge < -0.3 is 14.8 Å². The number of ether oxygens (including phenoxy) is 2. The van der Waals surface area contributed by atoms with E-state index in [9.17, 15) is 4.79 Å². The molecule has 1 atom stereocenters. The quantitative estimate of drug-likeness (QED) is 0.427. The smallest absolute Gasteiger partial charge is 0.262 e. The topological polar surface area (TPSA) is 78.3 Å². The van der Waals surface area contributed by atoms with E-state index < -0.39 is 0 Å². The number of aromatic nitrogens is 3. The number of nitrogens with one attached hydrogen (secondary N) is 1. The molecule has 0 aliphatic carbocycles. The molecular formula is C25H26N4O3. The van der Waals surface area contributed by atoms with Gasteiger partial charge in [-0.25, -0.2) is 0 Å². The van der Waals surface area contributed by atoms with E-state index in [1.807, 2.05) is 54.6 Å². The number of amides is 1. The third kappa shape index (κ3) is 4.88. The van der Waals surface area contributed by atoms with Gasteiger partial charge in [0, 0.05) is 5.69 Å². The highest BCUT2D eigenvalue weighted by Crippen LogP contribution is 2.22. The number of benzene rings is 3. The van der Waals surface area contributed by atoms with Gasteiger partial charge in [0.15, 0.2) is 6.61 Å². The molecule has 1 amide bonds. The molecule has 1 aromatic heterocycles. The number of carbonyl (C=O) groups excluding carboxylic acids is 1. The number of carbonyl (C=O) groups is 1. The molecule has 0 spiro atoms. The first-order valence-corrected chi connectivity index (χ1v) is 10.6. The second kappa shape index (κ2) is 9.51. The fraction of sp³-hybridized carbons (Fsp3) is 0.240. The minimum Gasteiger partial charge on any atom is -0.497 e. The lowest BCUT2D eigenvalue weighted by Crippen LogP contribution is -2.20. The first kappa shape index (κ1) is 21.4. The summed E-state index contributed by atoms with van der Waals surface area (Å²) in [4.78, 5) is 13.9. The van der Waals surface area contributed by atoms with Gasteiger partial charge in [-0.1, -0.05) is 26.0 Å². The number of hydrogen-bond donors (Lipinski definition) is 1. The van der Waals surface area contributed by atoms with Crippen LogP contribution in [-0.4, -0.2) is 34.6 Å². The van der Waals surface area contributed by atoms with Crippen LogP contribution in [0.25, 0.3) is 16.7 Å². The predicted octanol–water partition coefficient (Wildman–Crippen LogP) is 4.96. The highest BCUT2D eigenvalue weighted by molar-refractivity contribution is 5.93. The zero-order valence-electron chi connectivity index (χ0n) is 18.4. The highest BCUT2D eigenvalue weighted by Gasteiger charge is 2.09. The molecule has 0 aliphatic heterocycles. The van der Waals surface area contributed by atoms with Crippen molar-refractivity contribution in [3.63, 3.8) is 0 Å². The van der Waals surface area contributed by atoms with Gasteiger partial charge in [0.1, 0.15) is 22.5 Å². The van der Waals surface area contributed by atoms with Gasteiger partial charge in [0.25, 0.3) is 5.91 Å². The number of anilines is 1. The Morgan fingerprint density at radius 1 is 0.969 bits per heavy atom. The molecule has 4 aromatic rings. The Labute approximate surface area is 187 Å². The van der Waals surface area contributed by atoms with Crippen LogP contribution in [0.5, 0.6) is 11.5 Å². The van der Waals surface area contributed by atoms with Crippen molar-refractivity contribution in [1.29, 1.82) is 0 Å². The lowest BCUT2D eigenvalue weighted by molar-refractivity contribution is -0.118. The molecule has 32 heavy (non-hydrogen) atoms. The molecule has 0 aliphatic rings. The second-order valence-electron chi connectivity index (χ2n) is 7.61. The fourth-order valence-electron chi connectivity index (χ4n) is 3.30. The normalized spacial score (nSPS) is 11.8. The van der Waals surface area contributed by atoms with Gasteiger partial charge in [0.2, 0.25) is 0 Å². The van der Waals surface area contributed by atoms with Crippen LogP contribution >= 0.6 is 0 Å². The predicted molar refractivity (Wildman–Crippen MR) is 125 cm³/mol. The summed E-state index contributed by atoms with van der Waals surface area (Å²) in [6.45, 7) is 4.28. The van der Waals surface area contributed by atoms with Crippen LogP contribution in [-0.2, 0) is 4.79 Å². The summed E-state index contributed by atoms with van der Waals surface area (Å²) >= 11 is 0. The third-order valence-electron chi connectivity index (χ3n) is 5.40. The molecule has 0 saturated carbocycles. The van der Waals surface area contributed by atoms with Gasteiger partial charge in [-0.2, -0.15) is 4.80 Å². The Hall–Kier alpha value is -3.87. The van der Waals surface area contributed by atoms with Crippen molar-refractivity contribution >= 4 is 22.6 Å². The van der Waals surface area contributed by atoms with Crippen LogP contribution in [0.2, 0.25) is 0 Å². The molecule has 7 nitrogen and oxygen atoms in total. The number of methoxy groups -OCH3 is 1. The molecule has 4 rings (SSSR count). The number of rotatable bonds is 8. The van der Waals surface area contributed by atoms with Crippen molar-refractivity contribution in [2.75, 3.05) is 19.0 Å². The maximum atomic E-state index is 12.3. The summed E-state index contributed by atoms with van der Waals surface area (Å²) in [6, 6.07) is 20.8. The van der Waals surface area contributed by atoms with Crippen molar-refractivity contribution in [3.8, 4) is 17.2 Å². The maximum Gasteiger partial charge on any atom is 0.262 e. The molecule has 7 heteroatoms. The largest absolute Gasteiger partial charge is 0.497 e. The van der Waals surface area contributed by atoms with Gasteiger partial charge in [-0.05, 0) is 72.5 Å². The number of fused-ring (bicyclic) bond motifs is 1. The summed E-state index contributed by atoms with van der Waals surface area (Å²) < 4.78 is 10.8. The molecule has 3 aromatic carbocycles. The van der Waals surface area contributed by atoms with Crippen LogP contribution in [0.3, 0.4) is 0 Å². The van der Waals surface area contributed by atoms with E-state index in [2.05, 4.69) is 29.4 Å². The van der Waals surface area contributed by atoms with Gasteiger partial charge in [-0.3, -0.25) is 4.79 Å². The van der Waals surface area contributed by atoms with Crippen LogP contribution in [0.4, 0.5) is 5.69 Å². The van der Waals surface area contributed by atoms with E-state index in [0.717, 1.165) is 23.4 Å². The van der Waals surface area contributed by atoms with Gasteiger partial charge >= 0.3 is 0 Å². The van der Waals surface area contributed by atoms with Crippen molar-refractivity contribution < 1.29 is 14.3 Å². The lowest BCUT2D eigenvalue weighted by Gasteiger charge is -2.11. The van der Waals surface area contributed by atoms with Crippen LogP contribution in [0.15, 0.2) is 66.7 Å². The molecule has 164 valence electrons. The number of nitrogens with zero attached hydrogens (tertiary/aromatic N) is 3. The maximum absolute atomic E-state index is 12.3. The Morgan fingerprint density at radius 3 is 2.34 bits per heavy atom. The van der Waals surface area contributed by atoms with Gasteiger partial charge in [-0.15, -0.1) is 10.2 Å². The van der Waals surface area contributed by atoms with Crippen molar-refractivity contribution in [1.82, 2.24) is 15.0 Å². The van der Waals surface area contributed by atoms with E-state index >= 15 is 0 Å². The summed E-state index contributed by atoms with van der Waals surface area (Å²) in [5, 5.41) is 11.8. The molecule has 1 N–H and O–H groups in total. The van der Waals surface area contributed by atoms with E-state index in [4.69, 9.17) is 9.47 Å². The Morgan fingerprint density at radius 2 is 1.66 bits per heavy atom. The molecule has 1 heterocycles. The fourth-order valence-corrected chi connectivity index (χ4v) is 3.30. The minimum atomic E-state index is -0.238. The summed E-state index contributed by atoms with van der Waals surface area (Å²) in [6.07, 6.45) is 1.08. The van der Waals surface area contributed by atoms with Gasteiger partial charge in [0.05, 0.1) is 12.8 Å². The van der Waals surface area contributed by atoms with Crippen LogP contribution in [0.1, 0.15) is 31.7 Å². The average molecular weight is 431 g/mol. The average Bonchev–Trinajstić information content (AvgIpc) is 3.26. The van der Waals surface area contributed by atoms with Crippen LogP contribution < -0.4 is 14.8 Å². The monoisotopic (exact) mass is 430 g/mol. The summed E-state index contributed by atoms with van der Waals surface area (Å²) in [5.41, 5.74) is 4.14. The van der Waals surface area contributed by atoms with Crippen molar-refractivity contribution in [2.24, 2.45) is 0 Å². The third-order valence-corrected chi connectivity index (χ3v) is 5.40. The highest BCUT2D eigenvalue weighted by atomic mass is 16.5. The Kier molecular flexibility index (Phi) is 6.35. The van der Waals surface area contributed by atoms with E-state index in [0.29, 0.717) is 22.9 Å². The Balaban J connectivity index is 1.38. The minimum absolute atomic E-state index is 0.0702. The second-order valence-corrected chi connectivity index (χ2v) is 7.61. The first-order chi connectivity index (χ1) is 15.6. The molecule has 0 unspecified atom stereocenters. The summed E-state index contributed by atoms with van der Waals surface area (Å²) in [7, 11) is 1.62. The molecule has 0 bridgehead atoms. The summed E-state index contributed by atoms with van der Waals surface area (Å²) in [5.74, 6) is 1.71. The van der Waals surface area contributed by atoms with E-state index in [1.165, 1.54) is 5.56 Å². The lowest BCUT2D eigenvalue weighted by atomic mass is 9.99. The van der Waals surface area contributed by atoms with Crippen molar-refractivity contribution in [2.45, 2.75) is 26.2 Å².